The predicted molar refractivity (Wildman–Crippen MR) is 108 cm³/mol. The van der Waals surface area contributed by atoms with Gasteiger partial charge < -0.3 is 9.84 Å². The second kappa shape index (κ2) is 8.62. The quantitative estimate of drug-likeness (QED) is 0.558. The van der Waals surface area contributed by atoms with Crippen molar-refractivity contribution in [1.82, 2.24) is 0 Å². The molecule has 1 heterocycles. The number of carbonyl (C=O) groups is 1. The molecule has 0 radical (unpaired) electrons. The maximum Gasteiger partial charge on any atom is 0.303 e. The smallest absolute Gasteiger partial charge is 0.303 e. The van der Waals surface area contributed by atoms with Crippen LogP contribution in [0.1, 0.15) is 41.7 Å². The minimum absolute atomic E-state index is 0.0638. The summed E-state index contributed by atoms with van der Waals surface area (Å²) in [6, 6.07) is 9.11. The Kier molecular flexibility index (Phi) is 6.40. The van der Waals surface area contributed by atoms with Crippen LogP contribution in [0.5, 0.6) is 5.75 Å². The van der Waals surface area contributed by atoms with Crippen molar-refractivity contribution in [3.63, 3.8) is 0 Å². The largest absolute Gasteiger partial charge is 0.489 e. The molecule has 3 nitrogen and oxygen atoms in total. The number of carboxylic acids is 1. The summed E-state index contributed by atoms with van der Waals surface area (Å²) < 4.78 is 34.5. The van der Waals surface area contributed by atoms with Crippen molar-refractivity contribution in [2.24, 2.45) is 0 Å². The van der Waals surface area contributed by atoms with Gasteiger partial charge in [-0.25, -0.2) is 8.78 Å². The van der Waals surface area contributed by atoms with Crippen LogP contribution < -0.4 is 4.74 Å². The van der Waals surface area contributed by atoms with E-state index >= 15 is 0 Å². The Morgan fingerprint density at radius 1 is 1.32 bits per heavy atom. The van der Waals surface area contributed by atoms with Crippen LogP contribution >= 0.6 is 22.9 Å². The van der Waals surface area contributed by atoms with E-state index in [2.05, 4.69) is 0 Å². The molecule has 1 aliphatic rings. The van der Waals surface area contributed by atoms with Crippen molar-refractivity contribution in [3.05, 3.63) is 56.2 Å². The zero-order valence-electron chi connectivity index (χ0n) is 15.4. The lowest BCUT2D eigenvalue weighted by Crippen LogP contribution is -2.24. The number of thiophene rings is 1. The number of halogens is 3. The number of ether oxygens (including phenoxy) is 1. The van der Waals surface area contributed by atoms with Crippen LogP contribution in [0.4, 0.5) is 8.78 Å². The minimum atomic E-state index is -2.72. The summed E-state index contributed by atoms with van der Waals surface area (Å²) in [4.78, 5) is 11.6. The van der Waals surface area contributed by atoms with Crippen molar-refractivity contribution in [2.45, 2.75) is 45.0 Å². The maximum atomic E-state index is 14.0. The Bertz CT molecular complexity index is 905. The first kappa shape index (κ1) is 20.8. The van der Waals surface area contributed by atoms with Gasteiger partial charge in [0.2, 0.25) is 0 Å². The van der Waals surface area contributed by atoms with E-state index < -0.39 is 11.9 Å². The highest BCUT2D eigenvalue weighted by Gasteiger charge is 2.36. The van der Waals surface area contributed by atoms with Gasteiger partial charge in [0.1, 0.15) is 12.4 Å². The fraction of sp³-hybridized carbons (Fsp3) is 0.381. The average molecular weight is 427 g/mol. The number of carboxylic acid groups (broad SMARTS) is 1. The first-order valence-electron chi connectivity index (χ1n) is 9.02. The van der Waals surface area contributed by atoms with Crippen molar-refractivity contribution in [2.75, 3.05) is 6.61 Å². The second-order valence-corrected chi connectivity index (χ2v) is 8.72. The van der Waals surface area contributed by atoms with Crippen molar-refractivity contribution >= 4 is 34.5 Å². The lowest BCUT2D eigenvalue weighted by Gasteiger charge is -2.27. The highest BCUT2D eigenvalue weighted by molar-refractivity contribution is 7.17. The zero-order chi connectivity index (χ0) is 20.3. The molecule has 3 rings (SSSR count). The molecule has 0 bridgehead atoms. The van der Waals surface area contributed by atoms with Crippen LogP contribution in [0.25, 0.3) is 5.57 Å². The van der Waals surface area contributed by atoms with Gasteiger partial charge in [0.15, 0.2) is 0 Å². The van der Waals surface area contributed by atoms with Gasteiger partial charge in [-0.2, -0.15) is 0 Å². The van der Waals surface area contributed by atoms with Gasteiger partial charge in [-0.3, -0.25) is 4.79 Å². The topological polar surface area (TPSA) is 46.5 Å². The van der Waals surface area contributed by atoms with Gasteiger partial charge in [0.25, 0.3) is 5.92 Å². The SMILES string of the molecule is Cc1cc(CCC(=O)O)ccc1OCC1=C(c2ccc(Cl)s2)CCC(F)(F)C1. The molecule has 7 heteroatoms. The summed E-state index contributed by atoms with van der Waals surface area (Å²) in [5, 5.41) is 8.79. The van der Waals surface area contributed by atoms with Crippen LogP contribution in [0.2, 0.25) is 4.34 Å². The first-order chi connectivity index (χ1) is 13.2. The van der Waals surface area contributed by atoms with E-state index in [9.17, 15) is 13.6 Å². The predicted octanol–water partition coefficient (Wildman–Crippen LogP) is 6.38. The number of aliphatic carboxylic acids is 1. The molecular formula is C21H21ClF2O3S. The summed E-state index contributed by atoms with van der Waals surface area (Å²) in [5.74, 6) is -2.95. The Morgan fingerprint density at radius 2 is 2.11 bits per heavy atom. The molecular weight excluding hydrogens is 406 g/mol. The number of hydrogen-bond acceptors (Lipinski definition) is 3. The molecule has 2 aromatic rings. The Balaban J connectivity index is 1.76. The van der Waals surface area contributed by atoms with E-state index in [0.29, 0.717) is 28.5 Å². The molecule has 0 fully saturated rings. The van der Waals surface area contributed by atoms with E-state index in [1.807, 2.05) is 25.1 Å². The summed E-state index contributed by atoms with van der Waals surface area (Å²) in [6.45, 7) is 1.96. The van der Waals surface area contributed by atoms with Gasteiger partial charge in [0.05, 0.1) is 4.34 Å². The third-order valence-electron chi connectivity index (χ3n) is 4.78. The number of aryl methyl sites for hydroxylation is 2. The molecule has 0 saturated carbocycles. The molecule has 28 heavy (non-hydrogen) atoms. The van der Waals surface area contributed by atoms with Crippen LogP contribution in [-0.4, -0.2) is 23.6 Å². The van der Waals surface area contributed by atoms with E-state index in [4.69, 9.17) is 21.4 Å². The van der Waals surface area contributed by atoms with E-state index in [1.54, 1.807) is 12.1 Å². The summed E-state index contributed by atoms with van der Waals surface area (Å²) >= 11 is 7.41. The van der Waals surface area contributed by atoms with E-state index in [0.717, 1.165) is 21.6 Å². The van der Waals surface area contributed by atoms with E-state index in [-0.39, 0.29) is 25.9 Å². The van der Waals surface area contributed by atoms with Gasteiger partial charge >= 0.3 is 5.97 Å². The third-order valence-corrected chi connectivity index (χ3v) is 6.07. The fourth-order valence-electron chi connectivity index (χ4n) is 3.35. The maximum absolute atomic E-state index is 14.0. The van der Waals surface area contributed by atoms with Crippen molar-refractivity contribution < 1.29 is 23.4 Å². The molecule has 1 aromatic heterocycles. The lowest BCUT2D eigenvalue weighted by molar-refractivity contribution is -0.136. The van der Waals surface area contributed by atoms with Crippen molar-refractivity contribution in [3.8, 4) is 5.75 Å². The Hall–Kier alpha value is -1.92. The standard InChI is InChI=1S/C21H21ClF2O3S/c1-13-10-14(3-7-20(25)26)2-4-17(13)27-12-15-11-21(23,24)9-8-16(15)18-5-6-19(22)28-18/h2,4-6,10H,3,7-9,11-12H2,1H3,(H,25,26). The van der Waals surface area contributed by atoms with Gasteiger partial charge in [-0.1, -0.05) is 23.7 Å². The van der Waals surface area contributed by atoms with Crippen LogP contribution in [0.15, 0.2) is 35.9 Å². The molecule has 1 aliphatic carbocycles. The summed E-state index contributed by atoms with van der Waals surface area (Å²) in [6.07, 6.45) is 0.327. The molecule has 0 amide bonds. The number of rotatable bonds is 7. The average Bonchev–Trinajstić information content (AvgIpc) is 3.04. The fourth-order valence-corrected chi connectivity index (χ4v) is 4.51. The molecule has 0 unspecified atom stereocenters. The monoisotopic (exact) mass is 426 g/mol. The second-order valence-electron chi connectivity index (χ2n) is 7.00. The molecule has 150 valence electrons. The number of hydrogen-bond donors (Lipinski definition) is 1. The van der Waals surface area contributed by atoms with Crippen LogP contribution in [0.3, 0.4) is 0 Å². The highest BCUT2D eigenvalue weighted by atomic mass is 35.5. The number of allylic oxidation sites excluding steroid dienone is 1. The van der Waals surface area contributed by atoms with Gasteiger partial charge in [-0.05, 0) is 60.2 Å². The van der Waals surface area contributed by atoms with Crippen LogP contribution in [-0.2, 0) is 11.2 Å². The summed E-state index contributed by atoms with van der Waals surface area (Å²) in [5.41, 5.74) is 3.26. The van der Waals surface area contributed by atoms with Gasteiger partial charge in [0, 0.05) is 24.1 Å². The molecule has 1 aromatic carbocycles. The number of alkyl halides is 2. The molecule has 0 aliphatic heterocycles. The molecule has 0 atom stereocenters. The lowest BCUT2D eigenvalue weighted by atomic mass is 9.88. The van der Waals surface area contributed by atoms with E-state index in [1.165, 1.54) is 11.3 Å². The van der Waals surface area contributed by atoms with Gasteiger partial charge in [-0.15, -0.1) is 11.3 Å². The first-order valence-corrected chi connectivity index (χ1v) is 10.2. The normalized spacial score (nSPS) is 16.3. The zero-order valence-corrected chi connectivity index (χ0v) is 17.0. The number of benzene rings is 1. The Morgan fingerprint density at radius 3 is 2.75 bits per heavy atom. The molecule has 0 saturated heterocycles. The summed E-state index contributed by atoms with van der Waals surface area (Å²) in [7, 11) is 0. The molecule has 0 spiro atoms. The van der Waals surface area contributed by atoms with Crippen LogP contribution in [0, 0.1) is 6.92 Å². The molecule has 1 N–H and O–H groups in total. The third kappa shape index (κ3) is 5.32. The highest BCUT2D eigenvalue weighted by Crippen LogP contribution is 2.43. The van der Waals surface area contributed by atoms with Crippen molar-refractivity contribution in [1.29, 1.82) is 0 Å². The minimum Gasteiger partial charge on any atom is -0.489 e. The Labute approximate surface area is 171 Å².